The molecule has 0 aliphatic heterocycles. The number of methoxy groups -OCH3 is 1. The third-order valence-electron chi connectivity index (χ3n) is 3.04. The maximum atomic E-state index is 11.6. The van der Waals surface area contributed by atoms with Crippen LogP contribution in [0.1, 0.15) is 12.0 Å². The van der Waals surface area contributed by atoms with Crippen LogP contribution in [-0.2, 0) is 21.2 Å². The van der Waals surface area contributed by atoms with Crippen LogP contribution in [0.3, 0.4) is 0 Å². The molecule has 0 radical (unpaired) electrons. The smallest absolute Gasteiger partial charge is 0.221 e. The molecule has 0 unspecified atom stereocenters. The van der Waals surface area contributed by atoms with Crippen LogP contribution in [-0.4, -0.2) is 52.1 Å². The number of ether oxygens (including phenoxy) is 1. The molecule has 0 spiro atoms. The molecule has 0 saturated heterocycles. The Balaban J connectivity index is 2.30. The largest absolute Gasteiger partial charge is 0.497 e. The number of hydrogen-bond acceptors (Lipinski definition) is 4. The second-order valence-corrected chi connectivity index (χ2v) is 7.10. The van der Waals surface area contributed by atoms with Crippen LogP contribution in [0.4, 0.5) is 0 Å². The highest BCUT2D eigenvalue weighted by Gasteiger charge is 2.15. The Labute approximate surface area is 126 Å². The summed E-state index contributed by atoms with van der Waals surface area (Å²) in [5.74, 6) is 0.361. The Morgan fingerprint density at radius 2 is 1.86 bits per heavy atom. The number of sulfonamides is 1. The fourth-order valence-corrected chi connectivity index (χ4v) is 2.44. The Bertz CT molecular complexity index is 553. The molecule has 0 atom stereocenters. The standard InChI is InChI=1S/C14H22N2O4S/c1-16(2)21(18,19)11-9-14(17)15-10-8-12-4-6-13(20-3)7-5-12/h4-7H,8-11H2,1-3H3,(H,15,17). The van der Waals surface area contributed by atoms with Gasteiger partial charge in [-0.15, -0.1) is 0 Å². The van der Waals surface area contributed by atoms with Crippen LogP contribution in [0.5, 0.6) is 5.75 Å². The minimum atomic E-state index is -3.32. The van der Waals surface area contributed by atoms with E-state index in [9.17, 15) is 13.2 Å². The van der Waals surface area contributed by atoms with Gasteiger partial charge in [-0.05, 0) is 24.1 Å². The highest BCUT2D eigenvalue weighted by atomic mass is 32.2. The van der Waals surface area contributed by atoms with Gasteiger partial charge in [0.1, 0.15) is 5.75 Å². The van der Waals surface area contributed by atoms with E-state index >= 15 is 0 Å². The van der Waals surface area contributed by atoms with Crippen LogP contribution in [0.2, 0.25) is 0 Å². The average Bonchev–Trinajstić information content (AvgIpc) is 2.46. The lowest BCUT2D eigenvalue weighted by molar-refractivity contribution is -0.120. The molecule has 0 bridgehead atoms. The van der Waals surface area contributed by atoms with Crippen LogP contribution < -0.4 is 10.1 Å². The minimum Gasteiger partial charge on any atom is -0.497 e. The van der Waals surface area contributed by atoms with Gasteiger partial charge in [0.05, 0.1) is 12.9 Å². The molecule has 1 aromatic carbocycles. The van der Waals surface area contributed by atoms with Crippen molar-refractivity contribution in [2.24, 2.45) is 0 Å². The third-order valence-corrected chi connectivity index (χ3v) is 4.87. The molecule has 1 amide bonds. The Kier molecular flexibility index (Phi) is 6.64. The molecule has 0 aliphatic rings. The highest BCUT2D eigenvalue weighted by Crippen LogP contribution is 2.11. The molecule has 0 heterocycles. The lowest BCUT2D eigenvalue weighted by atomic mass is 10.1. The molecule has 0 fully saturated rings. The summed E-state index contributed by atoms with van der Waals surface area (Å²) in [5, 5.41) is 2.72. The number of nitrogens with one attached hydrogen (secondary N) is 1. The van der Waals surface area contributed by atoms with E-state index in [2.05, 4.69) is 5.32 Å². The molecular weight excluding hydrogens is 292 g/mol. The lowest BCUT2D eigenvalue weighted by Gasteiger charge is -2.11. The van der Waals surface area contributed by atoms with E-state index < -0.39 is 10.0 Å². The van der Waals surface area contributed by atoms with Gasteiger partial charge in [-0.1, -0.05) is 12.1 Å². The van der Waals surface area contributed by atoms with Crippen molar-refractivity contribution in [2.75, 3.05) is 33.5 Å². The molecule has 7 heteroatoms. The second-order valence-electron chi connectivity index (χ2n) is 4.80. The van der Waals surface area contributed by atoms with Crippen molar-refractivity contribution in [1.82, 2.24) is 9.62 Å². The van der Waals surface area contributed by atoms with Gasteiger partial charge in [-0.25, -0.2) is 12.7 Å². The SMILES string of the molecule is COc1ccc(CCNC(=O)CCS(=O)(=O)N(C)C)cc1. The first-order valence-corrected chi connectivity index (χ1v) is 8.26. The van der Waals surface area contributed by atoms with E-state index in [4.69, 9.17) is 4.74 Å². The normalized spacial score (nSPS) is 11.4. The quantitative estimate of drug-likeness (QED) is 0.764. The van der Waals surface area contributed by atoms with Crippen molar-refractivity contribution < 1.29 is 17.9 Å². The molecule has 6 nitrogen and oxygen atoms in total. The summed E-state index contributed by atoms with van der Waals surface area (Å²) in [6, 6.07) is 7.59. The van der Waals surface area contributed by atoms with E-state index in [-0.39, 0.29) is 18.1 Å². The van der Waals surface area contributed by atoms with Crippen molar-refractivity contribution in [3.63, 3.8) is 0 Å². The summed E-state index contributed by atoms with van der Waals surface area (Å²) in [4.78, 5) is 11.6. The van der Waals surface area contributed by atoms with Crippen molar-refractivity contribution in [2.45, 2.75) is 12.8 Å². The predicted molar refractivity (Wildman–Crippen MR) is 81.8 cm³/mol. The average molecular weight is 314 g/mol. The van der Waals surface area contributed by atoms with E-state index in [1.807, 2.05) is 24.3 Å². The van der Waals surface area contributed by atoms with E-state index in [1.165, 1.54) is 14.1 Å². The van der Waals surface area contributed by atoms with Crippen molar-refractivity contribution >= 4 is 15.9 Å². The third kappa shape index (κ3) is 6.14. The van der Waals surface area contributed by atoms with Crippen LogP contribution in [0.15, 0.2) is 24.3 Å². The van der Waals surface area contributed by atoms with Gasteiger partial charge in [0.25, 0.3) is 0 Å². The summed E-state index contributed by atoms with van der Waals surface area (Å²) in [6.45, 7) is 0.479. The monoisotopic (exact) mass is 314 g/mol. The zero-order chi connectivity index (χ0) is 15.9. The number of rotatable bonds is 8. The van der Waals surface area contributed by atoms with Crippen LogP contribution in [0, 0.1) is 0 Å². The maximum absolute atomic E-state index is 11.6. The number of hydrogen-bond donors (Lipinski definition) is 1. The summed E-state index contributed by atoms with van der Waals surface area (Å²) in [7, 11) is 1.20. The van der Waals surface area contributed by atoms with Gasteiger partial charge in [0, 0.05) is 27.1 Å². The number of amides is 1. The molecule has 1 aromatic rings. The topological polar surface area (TPSA) is 75.7 Å². The van der Waals surface area contributed by atoms with Crippen LogP contribution in [0.25, 0.3) is 0 Å². The summed E-state index contributed by atoms with van der Waals surface area (Å²) in [5.41, 5.74) is 1.08. The molecule has 0 aliphatic carbocycles. The fourth-order valence-electron chi connectivity index (χ4n) is 1.63. The van der Waals surface area contributed by atoms with Gasteiger partial charge >= 0.3 is 0 Å². The summed E-state index contributed by atoms with van der Waals surface area (Å²) >= 11 is 0. The molecule has 118 valence electrons. The molecule has 1 rings (SSSR count). The predicted octanol–water partition coefficient (Wildman–Crippen LogP) is 0.635. The van der Waals surface area contributed by atoms with Crippen molar-refractivity contribution in [3.05, 3.63) is 29.8 Å². The van der Waals surface area contributed by atoms with E-state index in [0.29, 0.717) is 13.0 Å². The summed E-state index contributed by atoms with van der Waals surface area (Å²) < 4.78 is 29.2. The number of benzene rings is 1. The van der Waals surface area contributed by atoms with E-state index in [0.717, 1.165) is 15.6 Å². The fraction of sp³-hybridized carbons (Fsp3) is 0.500. The first kappa shape index (κ1) is 17.5. The van der Waals surface area contributed by atoms with Crippen LogP contribution >= 0.6 is 0 Å². The second kappa shape index (κ2) is 7.99. The number of nitrogens with zero attached hydrogens (tertiary/aromatic N) is 1. The maximum Gasteiger partial charge on any atom is 0.221 e. The first-order valence-electron chi connectivity index (χ1n) is 6.65. The van der Waals surface area contributed by atoms with Gasteiger partial charge in [0.2, 0.25) is 15.9 Å². The summed E-state index contributed by atoms with van der Waals surface area (Å²) in [6.07, 6.45) is 0.666. The Morgan fingerprint density at radius 3 is 2.38 bits per heavy atom. The molecule has 1 N–H and O–H groups in total. The zero-order valence-electron chi connectivity index (χ0n) is 12.6. The highest BCUT2D eigenvalue weighted by molar-refractivity contribution is 7.89. The van der Waals surface area contributed by atoms with Crippen molar-refractivity contribution in [1.29, 1.82) is 0 Å². The lowest BCUT2D eigenvalue weighted by Crippen LogP contribution is -2.31. The Morgan fingerprint density at radius 1 is 1.24 bits per heavy atom. The minimum absolute atomic E-state index is 0.0247. The first-order chi connectivity index (χ1) is 9.85. The van der Waals surface area contributed by atoms with Gasteiger partial charge in [-0.3, -0.25) is 4.79 Å². The van der Waals surface area contributed by atoms with Crippen molar-refractivity contribution in [3.8, 4) is 5.75 Å². The molecular formula is C14H22N2O4S. The van der Waals surface area contributed by atoms with Gasteiger partial charge in [0.15, 0.2) is 0 Å². The van der Waals surface area contributed by atoms with Gasteiger partial charge < -0.3 is 10.1 Å². The van der Waals surface area contributed by atoms with E-state index in [1.54, 1.807) is 7.11 Å². The Hall–Kier alpha value is -1.60. The number of carbonyl (C=O) groups is 1. The number of carbonyl (C=O) groups excluding carboxylic acids is 1. The van der Waals surface area contributed by atoms with Gasteiger partial charge in [-0.2, -0.15) is 0 Å². The molecule has 21 heavy (non-hydrogen) atoms. The molecule has 0 aromatic heterocycles. The molecule has 0 saturated carbocycles. The zero-order valence-corrected chi connectivity index (χ0v) is 13.4.